The van der Waals surface area contributed by atoms with Gasteiger partial charge in [0.15, 0.2) is 6.20 Å². The van der Waals surface area contributed by atoms with E-state index in [2.05, 4.69) is 66.2 Å². The molecule has 0 atom stereocenters. The largest absolute Gasteiger partial charge is 0.269 e. The van der Waals surface area contributed by atoms with E-state index < -0.39 is 0 Å². The van der Waals surface area contributed by atoms with Crippen LogP contribution in [-0.2, 0) is 6.54 Å². The fraction of sp³-hybridized carbons (Fsp3) is 0.304. The average Bonchev–Trinajstić information content (AvgIpc) is 2.73. The molecule has 138 valence electrons. The highest BCUT2D eigenvalue weighted by atomic mass is 15.4. The molecule has 0 radical (unpaired) electrons. The molecular formula is C23H29BN3+. The Bertz CT molecular complexity index is 877. The van der Waals surface area contributed by atoms with Gasteiger partial charge in [0.2, 0.25) is 5.52 Å². The third-order valence-corrected chi connectivity index (χ3v) is 4.96. The summed E-state index contributed by atoms with van der Waals surface area (Å²) < 4.78 is 2.37. The van der Waals surface area contributed by atoms with Crippen LogP contribution in [0.1, 0.15) is 31.2 Å². The van der Waals surface area contributed by atoms with Crippen molar-refractivity contribution in [3.63, 3.8) is 0 Å². The normalized spacial score (nSPS) is 11.3. The number of hydrazone groups is 1. The van der Waals surface area contributed by atoms with Crippen molar-refractivity contribution >= 4 is 30.7 Å². The van der Waals surface area contributed by atoms with E-state index in [1.165, 1.54) is 42.9 Å². The van der Waals surface area contributed by atoms with Gasteiger partial charge in [-0.05, 0) is 24.6 Å². The fourth-order valence-corrected chi connectivity index (χ4v) is 3.36. The molecule has 0 unspecified atom stereocenters. The lowest BCUT2D eigenvalue weighted by atomic mass is 9.99. The zero-order valence-electron chi connectivity index (χ0n) is 16.5. The van der Waals surface area contributed by atoms with E-state index in [-0.39, 0.29) is 0 Å². The Morgan fingerprint density at radius 2 is 1.67 bits per heavy atom. The molecule has 3 nitrogen and oxygen atoms in total. The molecule has 4 heteroatoms. The Morgan fingerprint density at radius 3 is 2.48 bits per heavy atom. The van der Waals surface area contributed by atoms with Crippen molar-refractivity contribution in [3.8, 4) is 0 Å². The first kappa shape index (κ1) is 19.2. The van der Waals surface area contributed by atoms with Gasteiger partial charge in [0.1, 0.15) is 14.4 Å². The number of aryl methyl sites for hydroxylation is 1. The van der Waals surface area contributed by atoms with Crippen molar-refractivity contribution in [3.05, 3.63) is 72.4 Å². The first-order valence-corrected chi connectivity index (χ1v) is 10.0. The van der Waals surface area contributed by atoms with Crippen LogP contribution in [0, 0.1) is 0 Å². The van der Waals surface area contributed by atoms with Gasteiger partial charge in [-0.2, -0.15) is 9.67 Å². The van der Waals surface area contributed by atoms with E-state index in [1.54, 1.807) is 0 Å². The third-order valence-electron chi connectivity index (χ3n) is 4.96. The van der Waals surface area contributed by atoms with Gasteiger partial charge in [0, 0.05) is 31.2 Å². The highest BCUT2D eigenvalue weighted by Crippen LogP contribution is 2.16. The molecule has 0 aliphatic carbocycles. The maximum absolute atomic E-state index is 4.64. The van der Waals surface area contributed by atoms with Crippen molar-refractivity contribution in [2.45, 2.75) is 38.5 Å². The van der Waals surface area contributed by atoms with Gasteiger partial charge in [0.05, 0.1) is 17.3 Å². The van der Waals surface area contributed by atoms with E-state index in [9.17, 15) is 0 Å². The highest BCUT2D eigenvalue weighted by Gasteiger charge is 2.11. The van der Waals surface area contributed by atoms with Crippen LogP contribution in [0.15, 0.2) is 72.0 Å². The van der Waals surface area contributed by atoms with Gasteiger partial charge < -0.3 is 0 Å². The van der Waals surface area contributed by atoms with Crippen LogP contribution in [0.4, 0.5) is 5.69 Å². The molecule has 3 aromatic rings. The zero-order valence-corrected chi connectivity index (χ0v) is 16.5. The lowest BCUT2D eigenvalue weighted by Gasteiger charge is -2.12. The van der Waals surface area contributed by atoms with Crippen molar-refractivity contribution in [1.29, 1.82) is 0 Å². The first-order valence-electron chi connectivity index (χ1n) is 10.0. The van der Waals surface area contributed by atoms with Crippen LogP contribution >= 0.6 is 0 Å². The number of hydrogen-bond donors (Lipinski definition) is 0. The lowest BCUT2D eigenvalue weighted by Crippen LogP contribution is -2.34. The summed E-state index contributed by atoms with van der Waals surface area (Å²) in [4.78, 5) is 0. The molecular weight excluding hydrogens is 329 g/mol. The van der Waals surface area contributed by atoms with Crippen molar-refractivity contribution in [1.82, 2.24) is 0 Å². The molecule has 1 aromatic heterocycles. The van der Waals surface area contributed by atoms with Crippen LogP contribution in [-0.4, -0.2) is 21.1 Å². The summed E-state index contributed by atoms with van der Waals surface area (Å²) in [6, 6.07) is 21.0. The molecule has 0 saturated heterocycles. The van der Waals surface area contributed by atoms with Gasteiger partial charge in [-0.3, -0.25) is 5.01 Å². The summed E-state index contributed by atoms with van der Waals surface area (Å²) in [7, 11) is 4.24. The maximum Gasteiger partial charge on any atom is 0.213 e. The molecule has 0 spiro atoms. The molecule has 0 N–H and O–H groups in total. The number of para-hydroxylation sites is 2. The van der Waals surface area contributed by atoms with E-state index in [0.29, 0.717) is 0 Å². The van der Waals surface area contributed by atoms with Crippen molar-refractivity contribution < 1.29 is 4.57 Å². The van der Waals surface area contributed by atoms with Gasteiger partial charge in [0.25, 0.3) is 0 Å². The Balaban J connectivity index is 1.77. The summed E-state index contributed by atoms with van der Waals surface area (Å²) in [5, 5.41) is 7.79. The zero-order chi connectivity index (χ0) is 18.9. The van der Waals surface area contributed by atoms with E-state index in [0.717, 1.165) is 17.8 Å². The molecule has 0 saturated carbocycles. The summed E-state index contributed by atoms with van der Waals surface area (Å²) in [5.74, 6) is 0. The second-order valence-electron chi connectivity index (χ2n) is 7.00. The first-order chi connectivity index (χ1) is 13.3. The number of hydrogen-bond acceptors (Lipinski definition) is 2. The molecule has 0 aliphatic rings. The van der Waals surface area contributed by atoms with Crippen molar-refractivity contribution in [2.75, 3.05) is 12.1 Å². The molecule has 3 rings (SSSR count). The predicted octanol–water partition coefficient (Wildman–Crippen LogP) is 4.21. The molecule has 0 bridgehead atoms. The second-order valence-corrected chi connectivity index (χ2v) is 7.00. The summed E-state index contributed by atoms with van der Waals surface area (Å²) >= 11 is 0. The monoisotopic (exact) mass is 358 g/mol. The van der Waals surface area contributed by atoms with E-state index in [4.69, 9.17) is 0 Å². The molecule has 27 heavy (non-hydrogen) atoms. The smallest absolute Gasteiger partial charge is 0.213 e. The van der Waals surface area contributed by atoms with Crippen LogP contribution in [0.3, 0.4) is 0 Å². The van der Waals surface area contributed by atoms with Gasteiger partial charge in [-0.15, -0.1) is 0 Å². The molecule has 0 fully saturated rings. The lowest BCUT2D eigenvalue weighted by molar-refractivity contribution is -0.671. The summed E-state index contributed by atoms with van der Waals surface area (Å²) in [6.45, 7) is 1.07. The minimum absolute atomic E-state index is 1.07. The van der Waals surface area contributed by atoms with Gasteiger partial charge in [-0.1, -0.05) is 49.5 Å². The van der Waals surface area contributed by atoms with E-state index >= 15 is 0 Å². The third kappa shape index (κ3) is 5.19. The van der Waals surface area contributed by atoms with Crippen LogP contribution in [0.5, 0.6) is 0 Å². The standard InChI is InChI=1S/C23H29BN3/c1-26(21-11-5-4-6-12-21)25-19-20-15-18-27(17-10-3-2-9-16-24)23-14-8-7-13-22(20)23/h4-8,11-15,18-19H,2-3,9-10,16-17,24H2,1H3/q+1. The average molecular weight is 358 g/mol. The highest BCUT2D eigenvalue weighted by molar-refractivity contribution is 6.08. The Labute approximate surface area is 163 Å². The molecule has 1 heterocycles. The van der Waals surface area contributed by atoms with Crippen LogP contribution in [0.25, 0.3) is 10.9 Å². The van der Waals surface area contributed by atoms with Crippen LogP contribution < -0.4 is 9.58 Å². The molecule has 0 amide bonds. The van der Waals surface area contributed by atoms with Crippen LogP contribution in [0.2, 0.25) is 6.32 Å². The number of unbranched alkanes of at least 4 members (excludes halogenated alkanes) is 3. The quantitative estimate of drug-likeness (QED) is 0.184. The summed E-state index contributed by atoms with van der Waals surface area (Å²) in [6.07, 6.45) is 10.7. The minimum atomic E-state index is 1.07. The number of benzene rings is 2. The number of anilines is 1. The van der Waals surface area contributed by atoms with Crippen molar-refractivity contribution in [2.24, 2.45) is 5.10 Å². The number of pyridine rings is 1. The molecule has 0 aliphatic heterocycles. The predicted molar refractivity (Wildman–Crippen MR) is 118 cm³/mol. The number of fused-ring (bicyclic) bond motifs is 1. The minimum Gasteiger partial charge on any atom is -0.269 e. The second kappa shape index (κ2) is 9.91. The topological polar surface area (TPSA) is 19.5 Å². The summed E-state index contributed by atoms with van der Waals surface area (Å²) in [5.41, 5.74) is 3.51. The SMILES string of the molecule is BCCCCCC[n+]1ccc(/C=N/N(C)c2ccccc2)c2ccccc21. The Hall–Kier alpha value is -2.62. The molecule has 2 aromatic carbocycles. The maximum atomic E-state index is 4.64. The Morgan fingerprint density at radius 1 is 0.926 bits per heavy atom. The Kier molecular flexibility index (Phi) is 7.03. The number of rotatable bonds is 9. The fourth-order valence-electron chi connectivity index (χ4n) is 3.36. The van der Waals surface area contributed by atoms with E-state index in [1.807, 2.05) is 36.5 Å². The van der Waals surface area contributed by atoms with Gasteiger partial charge in [-0.25, -0.2) is 0 Å². The van der Waals surface area contributed by atoms with Gasteiger partial charge >= 0.3 is 0 Å². The number of nitrogens with zero attached hydrogens (tertiary/aromatic N) is 3. The number of aromatic nitrogens is 1.